The Hall–Kier alpha value is -4.15. The van der Waals surface area contributed by atoms with Crippen molar-refractivity contribution in [2.24, 2.45) is 5.73 Å². The lowest BCUT2D eigenvalue weighted by molar-refractivity contribution is 0.480. The zero-order valence-electron chi connectivity index (χ0n) is 28.9. The number of hydrogen-bond donors (Lipinski definition) is 1. The van der Waals surface area contributed by atoms with Gasteiger partial charge >= 0.3 is 0 Å². The van der Waals surface area contributed by atoms with E-state index in [0.29, 0.717) is 48.8 Å². The Morgan fingerprint density at radius 1 is 0.725 bits per heavy atom. The highest BCUT2D eigenvalue weighted by molar-refractivity contribution is 8.13. The maximum atomic E-state index is 13.0. The normalized spacial score (nSPS) is 11.7. The highest BCUT2D eigenvalue weighted by Gasteiger charge is 2.28. The van der Waals surface area contributed by atoms with Gasteiger partial charge in [-0.25, -0.2) is 48.7 Å². The Bertz CT molecular complexity index is 1980. The highest BCUT2D eigenvalue weighted by atomic mass is 35.7. The van der Waals surface area contributed by atoms with Crippen molar-refractivity contribution >= 4 is 29.6 Å². The van der Waals surface area contributed by atoms with Crippen molar-refractivity contribution < 1.29 is 34.5 Å². The summed E-state index contributed by atoms with van der Waals surface area (Å²) in [6.07, 6.45) is 4.22. The van der Waals surface area contributed by atoms with E-state index in [-0.39, 0.29) is 47.4 Å². The zero-order valence-corrected chi connectivity index (χ0v) is 31.3. The average molecular weight is 766 g/mol. The van der Waals surface area contributed by atoms with E-state index in [2.05, 4.69) is 19.7 Å². The van der Waals surface area contributed by atoms with Crippen LogP contribution in [0.3, 0.4) is 0 Å². The second-order valence-electron chi connectivity index (χ2n) is 12.7. The van der Waals surface area contributed by atoms with Crippen LogP contribution in [0.1, 0.15) is 58.3 Å². The molecular weight excluding hydrogens is 724 g/mol. The maximum absolute atomic E-state index is 13.0. The van der Waals surface area contributed by atoms with Gasteiger partial charge in [0.15, 0.2) is 9.84 Å². The smallest absolute Gasteiger partial charge is 0.232 e. The SMILES string of the molecule is CC(C)(CN)c1coc(-c2ccc(F)cc2)n1.[C-]#[N+]CCCS(=O)(=O)CCC(C)(C)c1coc(-c2ccc(F)cc2)n1.[C-]#[N+]CCCS(=O)(=O)Cl. The molecule has 0 amide bonds. The quantitative estimate of drug-likeness (QED) is 0.0783. The third kappa shape index (κ3) is 15.3. The summed E-state index contributed by atoms with van der Waals surface area (Å²) in [4.78, 5) is 15.0. The second-order valence-corrected chi connectivity index (χ2v) is 17.9. The van der Waals surface area contributed by atoms with E-state index in [1.807, 2.05) is 27.7 Å². The number of oxazole rings is 2. The van der Waals surface area contributed by atoms with E-state index in [1.165, 1.54) is 30.5 Å². The molecule has 16 heteroatoms. The van der Waals surface area contributed by atoms with E-state index in [1.54, 1.807) is 30.5 Å². The molecule has 0 spiro atoms. The van der Waals surface area contributed by atoms with Gasteiger partial charge < -0.3 is 24.3 Å². The molecule has 4 aromatic rings. The summed E-state index contributed by atoms with van der Waals surface area (Å²) in [7, 11) is -1.72. The number of hydrogen-bond acceptors (Lipinski definition) is 9. The van der Waals surface area contributed by atoms with E-state index >= 15 is 0 Å². The first kappa shape index (κ1) is 43.0. The Balaban J connectivity index is 0.000000298. The van der Waals surface area contributed by atoms with Crippen LogP contribution in [0, 0.1) is 24.8 Å². The van der Waals surface area contributed by atoms with Gasteiger partial charge in [-0.1, -0.05) is 27.7 Å². The average Bonchev–Trinajstić information content (AvgIpc) is 3.77. The largest absolute Gasteiger partial charge is 0.444 e. The predicted octanol–water partition coefficient (Wildman–Crippen LogP) is 7.45. The molecule has 51 heavy (non-hydrogen) atoms. The molecule has 2 aromatic heterocycles. The monoisotopic (exact) mass is 765 g/mol. The van der Waals surface area contributed by atoms with Gasteiger partial charge in [-0.2, -0.15) is 0 Å². The zero-order chi connectivity index (χ0) is 38.3. The van der Waals surface area contributed by atoms with Gasteiger partial charge in [0, 0.05) is 52.0 Å². The molecule has 0 atom stereocenters. The first-order valence-corrected chi connectivity index (χ1v) is 20.1. The van der Waals surface area contributed by atoms with Gasteiger partial charge in [0.1, 0.15) is 24.2 Å². The number of sulfone groups is 1. The number of nitrogens with zero attached hydrogens (tertiary/aromatic N) is 4. The van der Waals surface area contributed by atoms with Gasteiger partial charge in [0.05, 0.1) is 28.6 Å². The topological polar surface area (TPSA) is 155 Å². The molecule has 0 aliphatic heterocycles. The molecule has 2 N–H and O–H groups in total. The lowest BCUT2D eigenvalue weighted by Crippen LogP contribution is -2.28. The molecule has 4 rings (SSSR count). The molecule has 0 saturated heterocycles. The molecule has 276 valence electrons. The summed E-state index contributed by atoms with van der Waals surface area (Å²) in [5, 5.41) is 0. The van der Waals surface area contributed by atoms with E-state index in [9.17, 15) is 25.6 Å². The minimum Gasteiger partial charge on any atom is -0.444 e. The highest BCUT2D eigenvalue weighted by Crippen LogP contribution is 2.30. The molecule has 0 unspecified atom stereocenters. The van der Waals surface area contributed by atoms with Crippen LogP contribution in [0.5, 0.6) is 0 Å². The van der Waals surface area contributed by atoms with E-state index < -0.39 is 24.3 Å². The summed E-state index contributed by atoms with van der Waals surface area (Å²) in [6.45, 7) is 21.8. The lowest BCUT2D eigenvalue weighted by atomic mass is 9.87. The summed E-state index contributed by atoms with van der Waals surface area (Å²) in [6, 6.07) is 11.9. The van der Waals surface area contributed by atoms with Crippen molar-refractivity contribution in [3.8, 4) is 22.9 Å². The number of benzene rings is 2. The molecule has 0 bridgehead atoms. The summed E-state index contributed by atoms with van der Waals surface area (Å²) >= 11 is 0. The van der Waals surface area contributed by atoms with Gasteiger partial charge in [0.25, 0.3) is 0 Å². The fourth-order valence-electron chi connectivity index (χ4n) is 4.04. The first-order chi connectivity index (χ1) is 23.8. The van der Waals surface area contributed by atoms with Crippen LogP contribution in [-0.4, -0.2) is 63.7 Å². The van der Waals surface area contributed by atoms with Crippen LogP contribution in [0.25, 0.3) is 32.6 Å². The molecule has 11 nitrogen and oxygen atoms in total. The van der Waals surface area contributed by atoms with Crippen molar-refractivity contribution in [3.05, 3.63) is 107 Å². The standard InChI is InChI=1S/C18H21FN2O3S.C13H15FN2O.C4H6ClNO2S/c1-18(2,9-12-25(22,23)11-4-10-20-3)16-13-24-17(21-16)14-5-7-15(19)8-6-14;1-13(2,8-15)11-7-17-12(16-11)9-3-5-10(14)6-4-9;1-6-3-2-4-9(5,7)8/h5-8,13H,4,9-12H2,1-2H3;3-7H,8,15H2,1-2H3;2-4H2. The third-order valence-electron chi connectivity index (χ3n) is 7.51. The minimum atomic E-state index is -3.37. The van der Waals surface area contributed by atoms with Crippen molar-refractivity contribution in [3.63, 3.8) is 0 Å². The van der Waals surface area contributed by atoms with Crippen LogP contribution in [0.15, 0.2) is 69.9 Å². The molecule has 0 saturated carbocycles. The number of halogens is 3. The molecule has 0 fully saturated rings. The fraction of sp³-hybridized carbons (Fsp3) is 0.429. The Labute approximate surface area is 303 Å². The first-order valence-electron chi connectivity index (χ1n) is 15.8. The third-order valence-corrected chi connectivity index (χ3v) is 10.5. The Morgan fingerprint density at radius 2 is 1.14 bits per heavy atom. The van der Waals surface area contributed by atoms with Crippen LogP contribution in [0.4, 0.5) is 8.78 Å². The Kier molecular flexibility index (Phi) is 16.4. The van der Waals surface area contributed by atoms with E-state index in [0.717, 1.165) is 11.3 Å². The van der Waals surface area contributed by atoms with Gasteiger partial charge in [-0.05, 0) is 55.0 Å². The number of aromatic nitrogens is 2. The Morgan fingerprint density at radius 3 is 1.53 bits per heavy atom. The molecule has 0 aliphatic rings. The van der Waals surface area contributed by atoms with Crippen molar-refractivity contribution in [2.45, 2.75) is 57.8 Å². The maximum Gasteiger partial charge on any atom is 0.232 e. The van der Waals surface area contributed by atoms with Gasteiger partial charge in [-0.3, -0.25) is 0 Å². The van der Waals surface area contributed by atoms with Crippen LogP contribution >= 0.6 is 10.7 Å². The lowest BCUT2D eigenvalue weighted by Gasteiger charge is -2.21. The van der Waals surface area contributed by atoms with Crippen LogP contribution < -0.4 is 5.73 Å². The number of rotatable bonds is 14. The molecular formula is C35H42ClF2N5O6S2. The molecule has 0 radical (unpaired) electrons. The van der Waals surface area contributed by atoms with Gasteiger partial charge in [0.2, 0.25) is 33.9 Å². The molecule has 2 heterocycles. The van der Waals surface area contributed by atoms with Crippen molar-refractivity contribution in [1.82, 2.24) is 9.97 Å². The molecule has 0 aliphatic carbocycles. The van der Waals surface area contributed by atoms with Crippen LogP contribution in [0.2, 0.25) is 0 Å². The fourth-order valence-corrected chi connectivity index (χ4v) is 6.44. The minimum absolute atomic E-state index is 0.0328. The van der Waals surface area contributed by atoms with Crippen molar-refractivity contribution in [2.75, 3.05) is 36.9 Å². The number of nitrogens with two attached hydrogens (primary N) is 1. The van der Waals surface area contributed by atoms with E-state index in [4.69, 9.17) is 38.4 Å². The van der Waals surface area contributed by atoms with Gasteiger partial charge in [-0.15, -0.1) is 0 Å². The summed E-state index contributed by atoms with van der Waals surface area (Å²) < 4.78 is 81.1. The predicted molar refractivity (Wildman–Crippen MR) is 194 cm³/mol. The summed E-state index contributed by atoms with van der Waals surface area (Å²) in [5.41, 5.74) is 7.85. The summed E-state index contributed by atoms with van der Waals surface area (Å²) in [5.74, 6) is 0.227. The van der Waals surface area contributed by atoms with Crippen molar-refractivity contribution in [1.29, 1.82) is 0 Å². The van der Waals surface area contributed by atoms with Crippen LogP contribution in [-0.2, 0) is 29.7 Å². The second kappa shape index (κ2) is 19.5. The molecule has 2 aromatic carbocycles.